The van der Waals surface area contributed by atoms with E-state index in [1.165, 1.54) is 18.1 Å². The SMILES string of the molecule is CCCNC(=O)c1cnc(Nc2ccc(N(CC)CC)cc2)nc1. The van der Waals surface area contributed by atoms with E-state index < -0.39 is 0 Å². The number of carbonyl (C=O) groups is 1. The van der Waals surface area contributed by atoms with E-state index in [1.54, 1.807) is 0 Å². The van der Waals surface area contributed by atoms with Crippen LogP contribution in [0.4, 0.5) is 17.3 Å². The first kappa shape index (κ1) is 17.7. The van der Waals surface area contributed by atoms with Crippen molar-refractivity contribution in [3.05, 3.63) is 42.2 Å². The van der Waals surface area contributed by atoms with Crippen molar-refractivity contribution < 1.29 is 4.79 Å². The Hall–Kier alpha value is -2.63. The molecule has 0 saturated carbocycles. The van der Waals surface area contributed by atoms with Gasteiger partial charge in [0, 0.05) is 43.4 Å². The summed E-state index contributed by atoms with van der Waals surface area (Å²) in [5.41, 5.74) is 2.56. The number of rotatable bonds is 8. The number of aromatic nitrogens is 2. The highest BCUT2D eigenvalue weighted by Crippen LogP contribution is 2.19. The summed E-state index contributed by atoms with van der Waals surface area (Å²) in [5, 5.41) is 5.94. The smallest absolute Gasteiger partial charge is 0.254 e. The summed E-state index contributed by atoms with van der Waals surface area (Å²) in [6, 6.07) is 8.14. The molecule has 1 aromatic carbocycles. The number of hydrogen-bond donors (Lipinski definition) is 2. The fourth-order valence-corrected chi connectivity index (χ4v) is 2.32. The monoisotopic (exact) mass is 327 g/mol. The second kappa shape index (κ2) is 8.86. The van der Waals surface area contributed by atoms with E-state index in [0.29, 0.717) is 18.1 Å². The van der Waals surface area contributed by atoms with Gasteiger partial charge in [0.2, 0.25) is 5.95 Å². The maximum Gasteiger partial charge on any atom is 0.254 e. The van der Waals surface area contributed by atoms with E-state index in [1.807, 2.05) is 19.1 Å². The van der Waals surface area contributed by atoms with Crippen LogP contribution in [0, 0.1) is 0 Å². The summed E-state index contributed by atoms with van der Waals surface area (Å²) in [6.07, 6.45) is 3.96. The zero-order valence-corrected chi connectivity index (χ0v) is 14.5. The third kappa shape index (κ3) is 4.68. The zero-order chi connectivity index (χ0) is 17.4. The Balaban J connectivity index is 1.99. The predicted octanol–water partition coefficient (Wildman–Crippen LogP) is 3.21. The Morgan fingerprint density at radius 1 is 1.04 bits per heavy atom. The Kier molecular flexibility index (Phi) is 6.54. The van der Waals surface area contributed by atoms with Crippen molar-refractivity contribution >= 4 is 23.2 Å². The molecule has 0 spiro atoms. The second-order valence-corrected chi connectivity index (χ2v) is 5.40. The number of benzene rings is 1. The maximum atomic E-state index is 11.8. The van der Waals surface area contributed by atoms with Gasteiger partial charge in [-0.2, -0.15) is 0 Å². The van der Waals surface area contributed by atoms with E-state index >= 15 is 0 Å². The molecule has 0 aliphatic rings. The molecule has 0 aliphatic carbocycles. The summed E-state index contributed by atoms with van der Waals surface area (Å²) >= 11 is 0. The molecule has 6 heteroatoms. The Morgan fingerprint density at radius 3 is 2.21 bits per heavy atom. The molecule has 0 saturated heterocycles. The molecule has 2 rings (SSSR count). The predicted molar refractivity (Wildman–Crippen MR) is 97.9 cm³/mol. The normalized spacial score (nSPS) is 10.3. The minimum atomic E-state index is -0.146. The number of amides is 1. The molecule has 1 heterocycles. The molecule has 128 valence electrons. The first-order valence-corrected chi connectivity index (χ1v) is 8.40. The van der Waals surface area contributed by atoms with Gasteiger partial charge >= 0.3 is 0 Å². The van der Waals surface area contributed by atoms with Gasteiger partial charge < -0.3 is 15.5 Å². The zero-order valence-electron chi connectivity index (χ0n) is 14.5. The van der Waals surface area contributed by atoms with Crippen LogP contribution in [0.2, 0.25) is 0 Å². The molecule has 0 bridgehead atoms. The lowest BCUT2D eigenvalue weighted by Crippen LogP contribution is -2.24. The van der Waals surface area contributed by atoms with E-state index in [9.17, 15) is 4.79 Å². The second-order valence-electron chi connectivity index (χ2n) is 5.40. The third-order valence-electron chi connectivity index (χ3n) is 3.70. The first-order valence-electron chi connectivity index (χ1n) is 8.40. The average molecular weight is 327 g/mol. The molecule has 2 N–H and O–H groups in total. The van der Waals surface area contributed by atoms with Crippen molar-refractivity contribution in [3.63, 3.8) is 0 Å². The molecule has 1 amide bonds. The van der Waals surface area contributed by atoms with Crippen LogP contribution in [0.1, 0.15) is 37.6 Å². The number of hydrogen-bond acceptors (Lipinski definition) is 5. The molecule has 2 aromatic rings. The van der Waals surface area contributed by atoms with Crippen molar-refractivity contribution in [1.82, 2.24) is 15.3 Å². The molecular weight excluding hydrogens is 302 g/mol. The maximum absolute atomic E-state index is 11.8. The standard InChI is InChI=1S/C18H25N5O/c1-4-11-19-17(24)14-12-20-18(21-13-14)22-15-7-9-16(10-8-15)23(5-2)6-3/h7-10,12-13H,4-6,11H2,1-3H3,(H,19,24)(H,20,21,22). The average Bonchev–Trinajstić information content (AvgIpc) is 2.62. The van der Waals surface area contributed by atoms with E-state index in [2.05, 4.69) is 51.5 Å². The summed E-state index contributed by atoms with van der Waals surface area (Å²) < 4.78 is 0. The fourth-order valence-electron chi connectivity index (χ4n) is 2.32. The molecule has 1 aromatic heterocycles. The molecule has 0 atom stereocenters. The highest BCUT2D eigenvalue weighted by molar-refractivity contribution is 5.93. The topological polar surface area (TPSA) is 70.2 Å². The van der Waals surface area contributed by atoms with Crippen molar-refractivity contribution in [2.45, 2.75) is 27.2 Å². The van der Waals surface area contributed by atoms with Gasteiger partial charge in [0.15, 0.2) is 0 Å². The molecule has 0 radical (unpaired) electrons. The molecule has 0 unspecified atom stereocenters. The van der Waals surface area contributed by atoms with Crippen LogP contribution in [-0.4, -0.2) is 35.5 Å². The van der Waals surface area contributed by atoms with Gasteiger partial charge in [-0.05, 0) is 44.5 Å². The van der Waals surface area contributed by atoms with Crippen LogP contribution in [0.3, 0.4) is 0 Å². The van der Waals surface area contributed by atoms with Gasteiger partial charge in [0.05, 0.1) is 5.56 Å². The summed E-state index contributed by atoms with van der Waals surface area (Å²) in [4.78, 5) is 22.5. The van der Waals surface area contributed by atoms with Gasteiger partial charge in [-0.25, -0.2) is 9.97 Å². The van der Waals surface area contributed by atoms with Gasteiger partial charge in [-0.1, -0.05) is 6.92 Å². The highest BCUT2D eigenvalue weighted by Gasteiger charge is 2.07. The van der Waals surface area contributed by atoms with E-state index in [-0.39, 0.29) is 5.91 Å². The number of nitrogens with one attached hydrogen (secondary N) is 2. The Labute approximate surface area is 143 Å². The van der Waals surface area contributed by atoms with E-state index in [0.717, 1.165) is 25.2 Å². The van der Waals surface area contributed by atoms with Crippen LogP contribution >= 0.6 is 0 Å². The van der Waals surface area contributed by atoms with Crippen molar-refractivity contribution in [2.24, 2.45) is 0 Å². The van der Waals surface area contributed by atoms with Crippen molar-refractivity contribution in [1.29, 1.82) is 0 Å². The number of carbonyl (C=O) groups excluding carboxylic acids is 1. The quantitative estimate of drug-likeness (QED) is 0.779. The Morgan fingerprint density at radius 2 is 1.67 bits per heavy atom. The minimum Gasteiger partial charge on any atom is -0.372 e. The number of anilines is 3. The van der Waals surface area contributed by atoms with E-state index in [4.69, 9.17) is 0 Å². The minimum absolute atomic E-state index is 0.146. The first-order chi connectivity index (χ1) is 11.7. The van der Waals surface area contributed by atoms with Crippen LogP contribution in [0.15, 0.2) is 36.7 Å². The lowest BCUT2D eigenvalue weighted by Gasteiger charge is -2.21. The summed E-state index contributed by atoms with van der Waals surface area (Å²) in [5.74, 6) is 0.324. The van der Waals surface area contributed by atoms with Gasteiger partial charge in [-0.15, -0.1) is 0 Å². The summed E-state index contributed by atoms with van der Waals surface area (Å²) in [6.45, 7) is 8.90. The molecule has 6 nitrogen and oxygen atoms in total. The molecular formula is C18H25N5O. The lowest BCUT2D eigenvalue weighted by atomic mass is 10.2. The van der Waals surface area contributed by atoms with Crippen LogP contribution < -0.4 is 15.5 Å². The summed E-state index contributed by atoms with van der Waals surface area (Å²) in [7, 11) is 0. The van der Waals surface area contributed by atoms with Crippen LogP contribution in [-0.2, 0) is 0 Å². The molecule has 24 heavy (non-hydrogen) atoms. The largest absolute Gasteiger partial charge is 0.372 e. The lowest BCUT2D eigenvalue weighted by molar-refractivity contribution is 0.0953. The fraction of sp³-hybridized carbons (Fsp3) is 0.389. The molecule has 0 fully saturated rings. The van der Waals surface area contributed by atoms with Crippen LogP contribution in [0.5, 0.6) is 0 Å². The van der Waals surface area contributed by atoms with Crippen molar-refractivity contribution in [2.75, 3.05) is 29.9 Å². The molecule has 0 aliphatic heterocycles. The highest BCUT2D eigenvalue weighted by atomic mass is 16.1. The van der Waals surface area contributed by atoms with Gasteiger partial charge in [0.25, 0.3) is 5.91 Å². The van der Waals surface area contributed by atoms with Gasteiger partial charge in [-0.3, -0.25) is 4.79 Å². The van der Waals surface area contributed by atoms with Crippen LogP contribution in [0.25, 0.3) is 0 Å². The Bertz CT molecular complexity index is 635. The van der Waals surface area contributed by atoms with Gasteiger partial charge in [0.1, 0.15) is 0 Å². The number of nitrogens with zero attached hydrogens (tertiary/aromatic N) is 3. The van der Waals surface area contributed by atoms with Crippen molar-refractivity contribution in [3.8, 4) is 0 Å². The third-order valence-corrected chi connectivity index (χ3v) is 3.70.